The SMILES string of the molecule is CCN1C(=O)/C(=C\c2cc(OC)c(OC)cc2Cl)SC1=Nc1ccc(C(=O)OC)cc1. The minimum absolute atomic E-state index is 0.164. The van der Waals surface area contributed by atoms with E-state index < -0.39 is 5.97 Å². The first-order chi connectivity index (χ1) is 14.9. The Balaban J connectivity index is 1.93. The molecule has 0 saturated carbocycles. The van der Waals surface area contributed by atoms with Gasteiger partial charge in [0.1, 0.15) is 0 Å². The highest BCUT2D eigenvalue weighted by atomic mass is 35.5. The van der Waals surface area contributed by atoms with Crippen LogP contribution in [0.3, 0.4) is 0 Å². The predicted octanol–water partition coefficient (Wildman–Crippen LogP) is 4.77. The summed E-state index contributed by atoms with van der Waals surface area (Å²) in [5, 5.41) is 0.978. The number of nitrogens with zero attached hydrogens (tertiary/aromatic N) is 2. The number of methoxy groups -OCH3 is 3. The molecule has 0 bridgehead atoms. The maximum Gasteiger partial charge on any atom is 0.337 e. The topological polar surface area (TPSA) is 77.4 Å². The number of ether oxygens (including phenoxy) is 3. The van der Waals surface area contributed by atoms with Crippen molar-refractivity contribution in [2.75, 3.05) is 27.9 Å². The third kappa shape index (κ3) is 4.86. The molecule has 9 heteroatoms. The lowest BCUT2D eigenvalue weighted by Gasteiger charge is -2.12. The molecule has 3 rings (SSSR count). The Kier molecular flexibility index (Phi) is 7.25. The molecular weight excluding hydrogens is 440 g/mol. The first-order valence-electron chi connectivity index (χ1n) is 9.31. The van der Waals surface area contributed by atoms with Gasteiger partial charge in [-0.3, -0.25) is 9.69 Å². The van der Waals surface area contributed by atoms with E-state index in [0.29, 0.717) is 50.0 Å². The highest BCUT2D eigenvalue weighted by Crippen LogP contribution is 2.38. The molecule has 2 aromatic rings. The molecule has 0 radical (unpaired) electrons. The van der Waals surface area contributed by atoms with Gasteiger partial charge in [0.05, 0.1) is 42.5 Å². The lowest BCUT2D eigenvalue weighted by molar-refractivity contribution is -0.122. The van der Waals surface area contributed by atoms with Gasteiger partial charge in [0.15, 0.2) is 16.7 Å². The largest absolute Gasteiger partial charge is 0.493 e. The van der Waals surface area contributed by atoms with E-state index >= 15 is 0 Å². The smallest absolute Gasteiger partial charge is 0.337 e. The van der Waals surface area contributed by atoms with E-state index in [0.717, 1.165) is 0 Å². The zero-order valence-electron chi connectivity index (χ0n) is 17.5. The average molecular weight is 461 g/mol. The molecule has 1 amide bonds. The number of hydrogen-bond donors (Lipinski definition) is 0. The Bertz CT molecular complexity index is 1070. The number of carbonyl (C=O) groups is 2. The summed E-state index contributed by atoms with van der Waals surface area (Å²) in [6.45, 7) is 2.34. The molecule has 0 aromatic heterocycles. The number of amidine groups is 1. The fourth-order valence-electron chi connectivity index (χ4n) is 2.89. The van der Waals surface area contributed by atoms with Crippen LogP contribution >= 0.6 is 23.4 Å². The Morgan fingerprint density at radius 1 is 1.13 bits per heavy atom. The first-order valence-corrected chi connectivity index (χ1v) is 10.5. The van der Waals surface area contributed by atoms with Crippen molar-refractivity contribution in [3.63, 3.8) is 0 Å². The van der Waals surface area contributed by atoms with Crippen LogP contribution in [0, 0.1) is 0 Å². The van der Waals surface area contributed by atoms with Gasteiger partial charge in [0, 0.05) is 12.6 Å². The third-order valence-corrected chi connectivity index (χ3v) is 5.84. The van der Waals surface area contributed by atoms with Gasteiger partial charge in [-0.15, -0.1) is 0 Å². The van der Waals surface area contributed by atoms with Crippen LogP contribution in [0.4, 0.5) is 5.69 Å². The second-order valence-electron chi connectivity index (χ2n) is 6.32. The quantitative estimate of drug-likeness (QED) is 0.456. The number of esters is 1. The van der Waals surface area contributed by atoms with Crippen molar-refractivity contribution in [2.24, 2.45) is 4.99 Å². The maximum atomic E-state index is 12.9. The molecule has 2 aromatic carbocycles. The van der Waals surface area contributed by atoms with Gasteiger partial charge in [-0.25, -0.2) is 9.79 Å². The van der Waals surface area contributed by atoms with Gasteiger partial charge >= 0.3 is 5.97 Å². The summed E-state index contributed by atoms with van der Waals surface area (Å²) >= 11 is 7.62. The Morgan fingerprint density at radius 3 is 2.35 bits per heavy atom. The van der Waals surface area contributed by atoms with Crippen molar-refractivity contribution in [2.45, 2.75) is 6.92 Å². The van der Waals surface area contributed by atoms with Crippen LogP contribution < -0.4 is 9.47 Å². The van der Waals surface area contributed by atoms with Crippen LogP contribution in [-0.2, 0) is 9.53 Å². The normalized spacial score (nSPS) is 16.2. The van der Waals surface area contributed by atoms with E-state index in [9.17, 15) is 9.59 Å². The highest BCUT2D eigenvalue weighted by Gasteiger charge is 2.32. The molecule has 1 aliphatic rings. The van der Waals surface area contributed by atoms with E-state index in [1.807, 2.05) is 6.92 Å². The number of likely N-dealkylation sites (N-methyl/N-ethyl adjacent to an activating group) is 1. The van der Waals surface area contributed by atoms with E-state index in [2.05, 4.69) is 4.99 Å². The summed E-state index contributed by atoms with van der Waals surface area (Å²) in [7, 11) is 4.39. The number of amides is 1. The van der Waals surface area contributed by atoms with Crippen molar-refractivity contribution in [3.05, 3.63) is 57.5 Å². The van der Waals surface area contributed by atoms with Crippen LogP contribution in [0.2, 0.25) is 5.02 Å². The maximum absolute atomic E-state index is 12.9. The Morgan fingerprint density at radius 2 is 1.77 bits per heavy atom. The molecular formula is C22H21ClN2O5S. The molecule has 0 unspecified atom stereocenters. The summed E-state index contributed by atoms with van der Waals surface area (Å²) in [6.07, 6.45) is 1.71. The second-order valence-corrected chi connectivity index (χ2v) is 7.74. The molecule has 162 valence electrons. The number of halogens is 1. The number of benzene rings is 2. The molecule has 0 aliphatic carbocycles. The van der Waals surface area contributed by atoms with Gasteiger partial charge in [0.2, 0.25) is 0 Å². The number of hydrogen-bond acceptors (Lipinski definition) is 7. The van der Waals surface area contributed by atoms with E-state index in [4.69, 9.17) is 25.8 Å². The second kappa shape index (κ2) is 9.89. The summed E-state index contributed by atoms with van der Waals surface area (Å²) in [6, 6.07) is 10.0. The van der Waals surface area contributed by atoms with Crippen molar-refractivity contribution in [1.82, 2.24) is 4.90 Å². The van der Waals surface area contributed by atoms with Gasteiger partial charge < -0.3 is 14.2 Å². The lowest BCUT2D eigenvalue weighted by atomic mass is 10.1. The highest BCUT2D eigenvalue weighted by molar-refractivity contribution is 8.18. The standard InChI is InChI=1S/C22H21ClN2O5S/c1-5-25-20(26)19(11-14-10-17(28-2)18(29-3)12-16(14)23)31-22(25)24-15-8-6-13(7-9-15)21(27)30-4/h6-12H,5H2,1-4H3/b19-11+,24-22?. The molecule has 31 heavy (non-hydrogen) atoms. The van der Waals surface area contributed by atoms with E-state index in [1.54, 1.807) is 47.4 Å². The Labute approximate surface area is 189 Å². The van der Waals surface area contributed by atoms with Gasteiger partial charge in [-0.1, -0.05) is 11.6 Å². The third-order valence-electron chi connectivity index (χ3n) is 4.51. The van der Waals surface area contributed by atoms with Gasteiger partial charge in [0.25, 0.3) is 5.91 Å². The monoisotopic (exact) mass is 460 g/mol. The zero-order valence-corrected chi connectivity index (χ0v) is 19.0. The molecule has 0 atom stereocenters. The number of rotatable bonds is 6. The van der Waals surface area contributed by atoms with Crippen LogP contribution in [0.15, 0.2) is 46.3 Å². The van der Waals surface area contributed by atoms with E-state index in [1.165, 1.54) is 33.1 Å². The van der Waals surface area contributed by atoms with Crippen molar-refractivity contribution < 1.29 is 23.8 Å². The predicted molar refractivity (Wildman–Crippen MR) is 122 cm³/mol. The fraction of sp³-hybridized carbons (Fsp3) is 0.227. The summed E-state index contributed by atoms with van der Waals surface area (Å²) in [4.78, 5) is 31.1. The molecule has 1 heterocycles. The summed E-state index contributed by atoms with van der Waals surface area (Å²) in [5.41, 5.74) is 1.68. The van der Waals surface area contributed by atoms with Crippen LogP contribution in [0.25, 0.3) is 6.08 Å². The molecule has 1 saturated heterocycles. The number of thioether (sulfide) groups is 1. The van der Waals surface area contributed by atoms with E-state index in [-0.39, 0.29) is 5.91 Å². The van der Waals surface area contributed by atoms with Gasteiger partial charge in [-0.2, -0.15) is 0 Å². The minimum Gasteiger partial charge on any atom is -0.493 e. The molecule has 0 N–H and O–H groups in total. The van der Waals surface area contributed by atoms with Crippen LogP contribution in [0.5, 0.6) is 11.5 Å². The molecule has 1 aliphatic heterocycles. The van der Waals surface area contributed by atoms with Crippen molar-refractivity contribution in [3.8, 4) is 11.5 Å². The average Bonchev–Trinajstić information content (AvgIpc) is 3.08. The Hall–Kier alpha value is -2.97. The summed E-state index contributed by atoms with van der Waals surface area (Å²) in [5.74, 6) is 0.439. The number of carbonyl (C=O) groups excluding carboxylic acids is 2. The molecule has 1 fully saturated rings. The number of aliphatic imine (C=N–C) groups is 1. The summed E-state index contributed by atoms with van der Waals surface area (Å²) < 4.78 is 15.3. The first kappa shape index (κ1) is 22.7. The molecule has 7 nitrogen and oxygen atoms in total. The lowest BCUT2D eigenvalue weighted by Crippen LogP contribution is -2.28. The molecule has 0 spiro atoms. The fourth-order valence-corrected chi connectivity index (χ4v) is 4.15. The van der Waals surface area contributed by atoms with Crippen LogP contribution in [-0.4, -0.2) is 49.8 Å². The van der Waals surface area contributed by atoms with Crippen LogP contribution in [0.1, 0.15) is 22.8 Å². The van der Waals surface area contributed by atoms with Crippen molar-refractivity contribution in [1.29, 1.82) is 0 Å². The van der Waals surface area contributed by atoms with Crippen molar-refractivity contribution >= 4 is 52.2 Å². The minimum atomic E-state index is -0.420. The zero-order chi connectivity index (χ0) is 22.5. The van der Waals surface area contributed by atoms with Gasteiger partial charge in [-0.05, 0) is 60.7 Å².